The Bertz CT molecular complexity index is 3270. The first kappa shape index (κ1) is 89.4. The quantitative estimate of drug-likeness (QED) is 0.0164. The molecular formula is C64H98N10O37. The van der Waals surface area contributed by atoms with E-state index in [1.54, 1.807) is 30.3 Å². The molecule has 25 N–H and O–H groups in total. The summed E-state index contributed by atoms with van der Waals surface area (Å²) in [5.41, 5.74) is 11.3. The van der Waals surface area contributed by atoms with E-state index in [-0.39, 0.29) is 13.0 Å². The number of ether oxygens (including phenoxy) is 12. The number of nitrogens with zero attached hydrogens (tertiary/aromatic N) is 2. The van der Waals surface area contributed by atoms with Crippen LogP contribution < -0.4 is 43.4 Å². The number of oxime groups is 1. The van der Waals surface area contributed by atoms with Gasteiger partial charge in [0.15, 0.2) is 37.7 Å². The number of primary amides is 2. The van der Waals surface area contributed by atoms with Gasteiger partial charge in [-0.2, -0.15) is 0 Å². The standard InChI is InChI=1S/C64H98N10O37/c1-24(53(93)70-28(14-38(65)81)55(95)72-30(17-76)57(97)73-29(16-75)56(96)71-27(13-26-7-4-3-5-8-26)54(94)69-25(2)58(98)74-10-6-9-31(74)52(66)92)68-39(82)15-67-102-12-11-99-59-45(88)42(85)36(107-59)22-100-60-48(91)49(109-64-51(44(87)35(21-80)106-64)111-62-47(90)41(84)33(19-78)104-62)37(108-60)23-101-63-50(43(86)34(20-79)105-63)110-61-46(89)40(83)32(18-77)103-61/h3-5,7-8,15,24-25,27-37,40-51,59-64,75-80,83-91H,6,9-14,16-23H2,1-2H3,(H2,65,81)(H2,66,92)(H,68,82)(H,69,94)(H,70,93)(H,71,96)(H,72,95)(H,73,97)/t24-,25-,27-,28-,29-,30-,31-,32+,33+,34+,35+,36+,37+,40+,41+,42+,43+,44+,45-,46-,47-,48-,49+,50-,51-,59-,60-,61-,62-,63-,64+/m0/s1. The lowest BCUT2D eigenvalue weighted by Gasteiger charge is -2.30. The van der Waals surface area contributed by atoms with Crippen LogP contribution in [0.25, 0.3) is 0 Å². The molecule has 0 spiro atoms. The van der Waals surface area contributed by atoms with Crippen LogP contribution in [0.4, 0.5) is 0 Å². The van der Waals surface area contributed by atoms with Gasteiger partial charge in [-0.15, -0.1) is 0 Å². The Hall–Kier alpha value is -7.16. The molecule has 7 aliphatic rings. The average Bonchev–Trinajstić information content (AvgIpc) is 1.64. The molecule has 31 atom stereocenters. The third-order valence-corrected chi connectivity index (χ3v) is 18.9. The SMILES string of the molecule is C[C@H](NC(=O)C=NOCCO[C@H]1O[C@H](CO[C@H]2O[C@H](CO[C@H]3O[C@H](CO)[C@@H](O)[C@@H]3O[C@@H]3O[C@H](CO)[C@@H](O)[C@@H]3O)[C@@H](O[C@H]3O[C@H](CO)[C@@H](O)[C@@H]3O[C@@H]3O[C@H](CO)[C@@H](O)[C@@H]3O)[C@@H]2O)[C@@H](O)[C@@H]1O)C(=O)N[C@@H](CC(N)=O)C(=O)N[C@@H](CO)C(=O)N[C@@H](CO)C(=O)N[C@@H](Cc1ccccc1)C(=O)N[C@@H](C)C(=O)N1CCC[C@H]1C(N)=O. The predicted octanol–water partition coefficient (Wildman–Crippen LogP) is -15.7. The van der Waals surface area contributed by atoms with Crippen molar-refractivity contribution < 1.29 is 181 Å². The van der Waals surface area contributed by atoms with Crippen LogP contribution in [-0.2, 0) is 111 Å². The van der Waals surface area contributed by atoms with Gasteiger partial charge in [0.2, 0.25) is 47.3 Å². The predicted molar refractivity (Wildman–Crippen MR) is 356 cm³/mol. The zero-order valence-corrected chi connectivity index (χ0v) is 59.7. The Morgan fingerprint density at radius 2 is 0.937 bits per heavy atom. The van der Waals surface area contributed by atoms with Crippen molar-refractivity contribution in [2.24, 2.45) is 16.6 Å². The maximum Gasteiger partial charge on any atom is 0.266 e. The highest BCUT2D eigenvalue weighted by molar-refractivity contribution is 6.26. The molecule has 0 aromatic heterocycles. The first-order chi connectivity index (χ1) is 52.9. The van der Waals surface area contributed by atoms with Gasteiger partial charge in [0.1, 0.15) is 165 Å². The van der Waals surface area contributed by atoms with Crippen molar-refractivity contribution in [3.05, 3.63) is 35.9 Å². The Morgan fingerprint density at radius 3 is 1.49 bits per heavy atom. The van der Waals surface area contributed by atoms with Gasteiger partial charge in [-0.3, -0.25) is 43.2 Å². The highest BCUT2D eigenvalue weighted by Gasteiger charge is 2.57. The van der Waals surface area contributed by atoms with E-state index in [9.17, 15) is 120 Å². The fourth-order valence-electron chi connectivity index (χ4n) is 12.8. The number of aliphatic hydroxyl groups excluding tert-OH is 15. The van der Waals surface area contributed by atoms with E-state index in [0.29, 0.717) is 24.6 Å². The summed E-state index contributed by atoms with van der Waals surface area (Å²) in [7, 11) is 0. The summed E-state index contributed by atoms with van der Waals surface area (Å²) in [4.78, 5) is 124. The van der Waals surface area contributed by atoms with E-state index in [2.05, 4.69) is 37.1 Å². The number of carbonyl (C=O) groups is 9. The molecule has 7 fully saturated rings. The number of likely N-dealkylation sites (tertiary alicyclic amines) is 1. The molecule has 0 bridgehead atoms. The van der Waals surface area contributed by atoms with Crippen molar-refractivity contribution in [2.75, 3.05) is 72.6 Å². The number of nitrogens with one attached hydrogen (secondary N) is 6. The molecule has 111 heavy (non-hydrogen) atoms. The van der Waals surface area contributed by atoms with Gasteiger partial charge in [0, 0.05) is 13.0 Å². The zero-order valence-electron chi connectivity index (χ0n) is 59.7. The molecule has 0 radical (unpaired) electrons. The second-order valence-electron chi connectivity index (χ2n) is 26.8. The Balaban J connectivity index is 0.802. The summed E-state index contributed by atoms with van der Waals surface area (Å²) in [5.74, 6) is -9.26. The maximum absolute atomic E-state index is 13.7. The molecule has 1 aromatic carbocycles. The summed E-state index contributed by atoms with van der Waals surface area (Å²) in [6, 6.07) is -2.44. The Morgan fingerprint density at radius 1 is 0.486 bits per heavy atom. The zero-order chi connectivity index (χ0) is 81.2. The highest BCUT2D eigenvalue weighted by atomic mass is 16.8. The van der Waals surface area contributed by atoms with Crippen LogP contribution in [-0.4, -0.2) is 403 Å². The highest BCUT2D eigenvalue weighted by Crippen LogP contribution is 2.37. The van der Waals surface area contributed by atoms with Crippen molar-refractivity contribution in [1.82, 2.24) is 36.8 Å². The summed E-state index contributed by atoms with van der Waals surface area (Å²) in [6.45, 7) is -5.04. The number of nitrogens with two attached hydrogens (primary N) is 2. The van der Waals surface area contributed by atoms with Crippen molar-refractivity contribution in [3.8, 4) is 0 Å². The number of amides is 9. The van der Waals surface area contributed by atoms with E-state index in [4.69, 9.17) is 73.1 Å². The number of benzene rings is 1. The van der Waals surface area contributed by atoms with Gasteiger partial charge in [-0.25, -0.2) is 0 Å². The number of hydrogen-bond donors (Lipinski definition) is 23. The lowest BCUT2D eigenvalue weighted by Crippen LogP contribution is -2.61. The number of carbonyl (C=O) groups excluding carboxylic acids is 9. The van der Waals surface area contributed by atoms with Gasteiger partial charge in [0.05, 0.1) is 65.9 Å². The maximum atomic E-state index is 13.7. The fraction of sp³-hybridized carbons (Fsp3) is 0.750. The lowest BCUT2D eigenvalue weighted by atomic mass is 10.0. The summed E-state index contributed by atoms with van der Waals surface area (Å²) < 4.78 is 68.8. The second-order valence-corrected chi connectivity index (χ2v) is 26.8. The minimum absolute atomic E-state index is 0.165. The summed E-state index contributed by atoms with van der Waals surface area (Å²) in [5, 5.41) is 175. The van der Waals surface area contributed by atoms with Gasteiger partial charge in [0.25, 0.3) is 5.91 Å². The van der Waals surface area contributed by atoms with Crippen molar-refractivity contribution in [3.63, 3.8) is 0 Å². The molecule has 0 aliphatic carbocycles. The van der Waals surface area contributed by atoms with Crippen molar-refractivity contribution in [2.45, 2.75) is 229 Å². The van der Waals surface area contributed by atoms with Crippen LogP contribution in [0.15, 0.2) is 35.5 Å². The van der Waals surface area contributed by atoms with Crippen LogP contribution in [0.1, 0.15) is 38.7 Å². The van der Waals surface area contributed by atoms with Crippen LogP contribution >= 0.6 is 0 Å². The first-order valence-corrected chi connectivity index (χ1v) is 35.3. The topological polar surface area (TPSA) is 717 Å². The molecule has 1 aromatic rings. The monoisotopic (exact) mass is 1600 g/mol. The Kier molecular flexibility index (Phi) is 33.6. The van der Waals surface area contributed by atoms with E-state index < -0.39 is 316 Å². The minimum Gasteiger partial charge on any atom is -0.394 e. The normalized spacial score (nSPS) is 34.9. The summed E-state index contributed by atoms with van der Waals surface area (Å²) in [6.07, 6.45) is -39.1. The van der Waals surface area contributed by atoms with Gasteiger partial charge in [-0.05, 0) is 32.3 Å². The average molecular weight is 1600 g/mol. The largest absolute Gasteiger partial charge is 0.394 e. The molecule has 7 heterocycles. The molecule has 626 valence electrons. The molecule has 7 aliphatic heterocycles. The van der Waals surface area contributed by atoms with E-state index in [0.717, 1.165) is 6.92 Å². The lowest BCUT2D eigenvalue weighted by molar-refractivity contribution is -0.270. The van der Waals surface area contributed by atoms with Crippen LogP contribution in [0.5, 0.6) is 0 Å². The number of aliphatic hydroxyl groups is 15. The van der Waals surface area contributed by atoms with Gasteiger partial charge in [-0.1, -0.05) is 35.5 Å². The van der Waals surface area contributed by atoms with Crippen molar-refractivity contribution >= 4 is 59.4 Å². The molecule has 8 rings (SSSR count). The smallest absolute Gasteiger partial charge is 0.266 e. The third-order valence-electron chi connectivity index (χ3n) is 18.9. The van der Waals surface area contributed by atoms with Crippen LogP contribution in [0, 0.1) is 0 Å². The van der Waals surface area contributed by atoms with E-state index in [1.165, 1.54) is 11.8 Å². The number of hydrogen-bond acceptors (Lipinski definition) is 38. The minimum atomic E-state index is -1.93. The first-order valence-electron chi connectivity index (χ1n) is 35.3. The molecule has 0 unspecified atom stereocenters. The van der Waals surface area contributed by atoms with Gasteiger partial charge >= 0.3 is 0 Å². The molecule has 9 amide bonds. The van der Waals surface area contributed by atoms with Crippen molar-refractivity contribution in [1.29, 1.82) is 0 Å². The van der Waals surface area contributed by atoms with Crippen LogP contribution in [0.3, 0.4) is 0 Å². The third kappa shape index (κ3) is 22.9. The number of rotatable bonds is 41. The van der Waals surface area contributed by atoms with E-state index >= 15 is 0 Å². The van der Waals surface area contributed by atoms with Crippen LogP contribution in [0.2, 0.25) is 0 Å². The molecule has 47 heteroatoms. The fourth-order valence-corrected chi connectivity index (χ4v) is 12.8. The molecular weight excluding hydrogens is 1500 g/mol. The van der Waals surface area contributed by atoms with E-state index in [1.807, 2.05) is 0 Å². The van der Waals surface area contributed by atoms with Gasteiger partial charge < -0.3 is 187 Å². The molecule has 0 saturated carbocycles. The second kappa shape index (κ2) is 41.7. The molecule has 47 nitrogen and oxygen atoms in total. The molecule has 7 saturated heterocycles. The Labute approximate surface area is 630 Å². The summed E-state index contributed by atoms with van der Waals surface area (Å²) >= 11 is 0.